The highest BCUT2D eigenvalue weighted by Gasteiger charge is 2.50. The molecule has 2 bridgehead atoms. The molecule has 0 unspecified atom stereocenters. The Hall–Kier alpha value is -1.89. The molecular weight excluding hydrogens is 244 g/mol. The first-order chi connectivity index (χ1) is 9.75. The first-order valence-electron chi connectivity index (χ1n) is 7.50. The molecule has 98 valence electrons. The average Bonchev–Trinajstić information content (AvgIpc) is 3.12. The van der Waals surface area contributed by atoms with E-state index in [1.807, 2.05) is 6.07 Å². The number of fused-ring (bicyclic) bond motifs is 7. The second kappa shape index (κ2) is 3.41. The van der Waals surface area contributed by atoms with Gasteiger partial charge < -0.3 is 0 Å². The summed E-state index contributed by atoms with van der Waals surface area (Å²) in [7, 11) is 0. The Balaban J connectivity index is 1.88. The highest BCUT2D eigenvalue weighted by Crippen LogP contribution is 2.63. The molecule has 0 aliphatic heterocycles. The van der Waals surface area contributed by atoms with Crippen LogP contribution in [0.15, 0.2) is 42.5 Å². The molecule has 1 nitrogen and oxygen atoms in total. The Morgan fingerprint density at radius 3 is 2.40 bits per heavy atom. The van der Waals surface area contributed by atoms with Crippen molar-refractivity contribution >= 4 is 16.6 Å². The van der Waals surface area contributed by atoms with Crippen LogP contribution in [0.1, 0.15) is 46.7 Å². The fourth-order valence-corrected chi connectivity index (χ4v) is 5.00. The first kappa shape index (κ1) is 10.8. The highest BCUT2D eigenvalue weighted by atomic mass is 16.1. The van der Waals surface area contributed by atoms with E-state index in [-0.39, 0.29) is 5.78 Å². The topological polar surface area (TPSA) is 17.1 Å². The van der Waals surface area contributed by atoms with Gasteiger partial charge in [0.1, 0.15) is 0 Å². The Morgan fingerprint density at radius 1 is 1.00 bits per heavy atom. The second-order valence-electron chi connectivity index (χ2n) is 6.53. The van der Waals surface area contributed by atoms with E-state index in [9.17, 15) is 4.79 Å². The predicted molar refractivity (Wildman–Crippen MR) is 80.2 cm³/mol. The fraction of sp³-hybridized carbons (Fsp3) is 0.316. The van der Waals surface area contributed by atoms with Crippen molar-refractivity contribution < 1.29 is 4.79 Å². The Bertz CT molecular complexity index is 775. The first-order valence-corrected chi connectivity index (χ1v) is 7.50. The normalized spacial score (nSPS) is 32.0. The SMILES string of the molecule is CC(=O)c1ccc2c3c(cccc13)[C@H]1[C@@H]2[C@H]2C=C[C@@H]1C2. The second-order valence-corrected chi connectivity index (χ2v) is 6.53. The van der Waals surface area contributed by atoms with Gasteiger partial charge in [0, 0.05) is 5.56 Å². The van der Waals surface area contributed by atoms with Gasteiger partial charge in [-0.2, -0.15) is 0 Å². The smallest absolute Gasteiger partial charge is 0.160 e. The van der Waals surface area contributed by atoms with Crippen molar-refractivity contribution in [1.29, 1.82) is 0 Å². The van der Waals surface area contributed by atoms with E-state index in [0.29, 0.717) is 23.7 Å². The minimum absolute atomic E-state index is 0.173. The molecule has 0 spiro atoms. The summed E-state index contributed by atoms with van der Waals surface area (Å²) in [5.41, 5.74) is 3.86. The third-order valence-corrected chi connectivity index (χ3v) is 5.66. The van der Waals surface area contributed by atoms with Crippen LogP contribution in [0.3, 0.4) is 0 Å². The van der Waals surface area contributed by atoms with Crippen LogP contribution in [0.25, 0.3) is 10.8 Å². The van der Waals surface area contributed by atoms with Crippen molar-refractivity contribution in [2.75, 3.05) is 0 Å². The van der Waals surface area contributed by atoms with Crippen molar-refractivity contribution in [3.8, 4) is 0 Å². The lowest BCUT2D eigenvalue weighted by Gasteiger charge is -2.22. The Kier molecular flexibility index (Phi) is 1.85. The summed E-state index contributed by atoms with van der Waals surface area (Å²) in [6.45, 7) is 1.67. The fourth-order valence-electron chi connectivity index (χ4n) is 5.00. The predicted octanol–water partition coefficient (Wildman–Crippen LogP) is 4.43. The van der Waals surface area contributed by atoms with Crippen molar-refractivity contribution in [2.24, 2.45) is 11.8 Å². The molecule has 5 rings (SSSR count). The largest absolute Gasteiger partial charge is 0.294 e. The zero-order chi connectivity index (χ0) is 13.4. The van der Waals surface area contributed by atoms with Gasteiger partial charge in [-0.05, 0) is 58.9 Å². The number of ketones is 1. The third kappa shape index (κ3) is 1.09. The van der Waals surface area contributed by atoms with E-state index in [0.717, 1.165) is 5.56 Å². The molecule has 4 atom stereocenters. The molecule has 0 radical (unpaired) electrons. The molecular formula is C19H16O. The van der Waals surface area contributed by atoms with Crippen molar-refractivity contribution in [3.63, 3.8) is 0 Å². The van der Waals surface area contributed by atoms with Gasteiger partial charge in [0.15, 0.2) is 5.78 Å². The molecule has 0 saturated heterocycles. The maximum absolute atomic E-state index is 11.9. The van der Waals surface area contributed by atoms with Gasteiger partial charge in [-0.15, -0.1) is 0 Å². The number of rotatable bonds is 1. The van der Waals surface area contributed by atoms with E-state index in [2.05, 4.69) is 36.4 Å². The lowest BCUT2D eigenvalue weighted by molar-refractivity contribution is 0.101. The number of hydrogen-bond acceptors (Lipinski definition) is 1. The molecule has 20 heavy (non-hydrogen) atoms. The van der Waals surface area contributed by atoms with Gasteiger partial charge in [-0.1, -0.05) is 42.5 Å². The van der Waals surface area contributed by atoms with E-state index < -0.39 is 0 Å². The van der Waals surface area contributed by atoms with Crippen LogP contribution in [-0.4, -0.2) is 5.78 Å². The quantitative estimate of drug-likeness (QED) is 0.547. The number of carbonyl (C=O) groups is 1. The van der Waals surface area contributed by atoms with Crippen LogP contribution < -0.4 is 0 Å². The van der Waals surface area contributed by atoms with Crippen molar-refractivity contribution in [1.82, 2.24) is 0 Å². The van der Waals surface area contributed by atoms with Gasteiger partial charge in [0.25, 0.3) is 0 Å². The number of allylic oxidation sites excluding steroid dienone is 2. The molecule has 1 heteroatoms. The molecule has 0 amide bonds. The van der Waals surface area contributed by atoms with E-state index >= 15 is 0 Å². The van der Waals surface area contributed by atoms with Crippen molar-refractivity contribution in [3.05, 3.63) is 59.2 Å². The summed E-state index contributed by atoms with van der Waals surface area (Å²) < 4.78 is 0. The van der Waals surface area contributed by atoms with E-state index in [4.69, 9.17) is 0 Å². The number of Topliss-reactive ketones (excluding diaryl/α,β-unsaturated/α-hetero) is 1. The number of benzene rings is 2. The van der Waals surface area contributed by atoms with Crippen LogP contribution in [0, 0.1) is 11.8 Å². The van der Waals surface area contributed by atoms with Gasteiger partial charge in [-0.25, -0.2) is 0 Å². The molecule has 0 aromatic heterocycles. The summed E-state index contributed by atoms with van der Waals surface area (Å²) in [6, 6.07) is 10.8. The minimum Gasteiger partial charge on any atom is -0.294 e. The highest BCUT2D eigenvalue weighted by molar-refractivity contribution is 6.09. The van der Waals surface area contributed by atoms with Gasteiger partial charge >= 0.3 is 0 Å². The zero-order valence-corrected chi connectivity index (χ0v) is 11.5. The molecule has 2 aromatic carbocycles. The number of carbonyl (C=O) groups excluding carboxylic acids is 1. The minimum atomic E-state index is 0.173. The summed E-state index contributed by atoms with van der Waals surface area (Å²) in [4.78, 5) is 11.9. The standard InChI is InChI=1S/C19H16O/c1-10(20)13-7-8-16-18-12-6-5-11(9-12)17(18)15-4-2-3-14(13)19(15)16/h2-8,11-12,17-18H,9H2,1H3/t11-,12+,17+,18-/m1/s1. The maximum atomic E-state index is 11.9. The Morgan fingerprint density at radius 2 is 1.70 bits per heavy atom. The summed E-state index contributed by atoms with van der Waals surface area (Å²) in [5.74, 6) is 2.91. The van der Waals surface area contributed by atoms with Gasteiger partial charge in [-0.3, -0.25) is 4.79 Å². The summed E-state index contributed by atoms with van der Waals surface area (Å²) in [6.07, 6.45) is 6.16. The Labute approximate surface area is 118 Å². The van der Waals surface area contributed by atoms with Crippen LogP contribution in [-0.2, 0) is 0 Å². The lowest BCUT2D eigenvalue weighted by Crippen LogP contribution is -2.10. The lowest BCUT2D eigenvalue weighted by atomic mass is 9.81. The van der Waals surface area contributed by atoms with Crippen LogP contribution in [0.4, 0.5) is 0 Å². The summed E-state index contributed by atoms with van der Waals surface area (Å²) >= 11 is 0. The average molecular weight is 260 g/mol. The summed E-state index contributed by atoms with van der Waals surface area (Å²) in [5, 5.41) is 2.55. The van der Waals surface area contributed by atoms with Crippen LogP contribution in [0.2, 0.25) is 0 Å². The maximum Gasteiger partial charge on any atom is 0.160 e. The molecule has 1 fully saturated rings. The third-order valence-electron chi connectivity index (χ3n) is 5.66. The van der Waals surface area contributed by atoms with Crippen LogP contribution in [0.5, 0.6) is 0 Å². The van der Waals surface area contributed by atoms with Crippen LogP contribution >= 0.6 is 0 Å². The molecule has 0 heterocycles. The molecule has 0 N–H and O–H groups in total. The molecule has 3 aliphatic carbocycles. The molecule has 1 saturated carbocycles. The van der Waals surface area contributed by atoms with Gasteiger partial charge in [0.05, 0.1) is 0 Å². The van der Waals surface area contributed by atoms with E-state index in [1.165, 1.54) is 28.3 Å². The van der Waals surface area contributed by atoms with Gasteiger partial charge in [0.2, 0.25) is 0 Å². The number of hydrogen-bond donors (Lipinski definition) is 0. The van der Waals surface area contributed by atoms with Crippen molar-refractivity contribution in [2.45, 2.75) is 25.2 Å². The zero-order valence-electron chi connectivity index (χ0n) is 11.5. The molecule has 2 aromatic rings. The monoisotopic (exact) mass is 260 g/mol. The molecule has 3 aliphatic rings. The van der Waals surface area contributed by atoms with E-state index in [1.54, 1.807) is 6.92 Å².